The quantitative estimate of drug-likeness (QED) is 0.129. The molecule has 2 heterocycles. The van der Waals surface area contributed by atoms with Crippen LogP contribution >= 0.6 is 0 Å². The van der Waals surface area contributed by atoms with Gasteiger partial charge in [0.25, 0.3) is 0 Å². The molecule has 268 valence electrons. The van der Waals surface area contributed by atoms with Gasteiger partial charge in [0.05, 0.1) is 49.8 Å². The standard InChI is InChI=1S/C41H46N2O8/c1-42-16-14-24-19-32(44-3)33(45-4)21-27(24)30(42)18-23-10-12-25(13-11-23)51-38-29-20-31-35-26(15-17-43(31)2)37(47-6)41(50-9)40(49-8)36(35)28(29)22-34(46-5)39(38)48-7/h10-13,19-22,30H,14-18H2,1-9H3. The fraction of sp³-hybridized carbons (Fsp3) is 0.366. The molecule has 0 aliphatic carbocycles. The molecule has 1 atom stereocenters. The van der Waals surface area contributed by atoms with Crippen molar-refractivity contribution in [3.63, 3.8) is 0 Å². The van der Waals surface area contributed by atoms with Crippen molar-refractivity contribution in [1.82, 2.24) is 4.90 Å². The van der Waals surface area contributed by atoms with Crippen molar-refractivity contribution in [3.8, 4) is 51.7 Å². The molecule has 0 aromatic heterocycles. The summed E-state index contributed by atoms with van der Waals surface area (Å²) in [5.74, 6) is 5.63. The Morgan fingerprint density at radius 2 is 1.25 bits per heavy atom. The van der Waals surface area contributed by atoms with E-state index in [2.05, 4.69) is 54.2 Å². The highest BCUT2D eigenvalue weighted by Gasteiger charge is 2.32. The van der Waals surface area contributed by atoms with Crippen molar-refractivity contribution in [3.05, 3.63) is 70.8 Å². The molecule has 0 spiro atoms. The molecule has 10 nitrogen and oxygen atoms in total. The summed E-state index contributed by atoms with van der Waals surface area (Å²) in [4.78, 5) is 4.66. The number of likely N-dealkylation sites (N-methyl/N-ethyl adjacent to an activating group) is 2. The zero-order chi connectivity index (χ0) is 36.0. The van der Waals surface area contributed by atoms with E-state index in [-0.39, 0.29) is 6.04 Å². The molecule has 0 radical (unpaired) electrons. The molecular weight excluding hydrogens is 648 g/mol. The topological polar surface area (TPSA) is 80.3 Å². The Hall–Kier alpha value is -5.22. The van der Waals surface area contributed by atoms with E-state index in [0.29, 0.717) is 40.2 Å². The van der Waals surface area contributed by atoms with Crippen molar-refractivity contribution in [2.75, 3.05) is 81.9 Å². The molecule has 2 aliphatic rings. The SMILES string of the molecule is COc1cc2c(cc1OC)C(Cc1ccc(Oc3c(OC)c(OC)cc4c3cc3c5c(c(OC)c(OC)c(OC)c54)CCN3C)cc1)N(C)CC2. The number of nitrogens with zero attached hydrogens (tertiary/aromatic N) is 2. The van der Waals surface area contributed by atoms with E-state index in [1.807, 2.05) is 18.2 Å². The molecule has 10 heteroatoms. The van der Waals surface area contributed by atoms with Crippen LogP contribution in [0.5, 0.6) is 51.7 Å². The third-order valence-corrected chi connectivity index (χ3v) is 10.5. The van der Waals surface area contributed by atoms with Gasteiger partial charge in [-0.25, -0.2) is 0 Å². The molecule has 1 unspecified atom stereocenters. The number of anilines is 1. The van der Waals surface area contributed by atoms with Gasteiger partial charge in [-0.2, -0.15) is 0 Å². The van der Waals surface area contributed by atoms with Gasteiger partial charge in [-0.05, 0) is 79.4 Å². The van der Waals surface area contributed by atoms with Crippen LogP contribution in [0.25, 0.3) is 21.5 Å². The second kappa shape index (κ2) is 13.8. The normalized spacial score (nSPS) is 15.4. The number of rotatable bonds is 11. The molecule has 51 heavy (non-hydrogen) atoms. The van der Waals surface area contributed by atoms with E-state index >= 15 is 0 Å². The summed E-state index contributed by atoms with van der Waals surface area (Å²) in [6.45, 7) is 1.78. The second-order valence-corrected chi connectivity index (χ2v) is 13.0. The van der Waals surface area contributed by atoms with E-state index < -0.39 is 0 Å². The number of ether oxygens (including phenoxy) is 8. The predicted molar refractivity (Wildman–Crippen MR) is 200 cm³/mol. The van der Waals surface area contributed by atoms with Gasteiger partial charge in [-0.15, -0.1) is 0 Å². The van der Waals surface area contributed by atoms with Crippen molar-refractivity contribution >= 4 is 27.2 Å². The third-order valence-electron chi connectivity index (χ3n) is 10.5. The van der Waals surface area contributed by atoms with Crippen LogP contribution in [-0.2, 0) is 19.3 Å². The lowest BCUT2D eigenvalue weighted by Crippen LogP contribution is -2.33. The van der Waals surface area contributed by atoms with Crippen molar-refractivity contribution in [2.45, 2.75) is 25.3 Å². The average Bonchev–Trinajstić information content (AvgIpc) is 3.16. The summed E-state index contributed by atoms with van der Waals surface area (Å²) >= 11 is 0. The zero-order valence-electron chi connectivity index (χ0n) is 30.9. The fourth-order valence-corrected chi connectivity index (χ4v) is 7.90. The molecule has 2 aliphatic heterocycles. The lowest BCUT2D eigenvalue weighted by Gasteiger charge is -2.35. The maximum atomic E-state index is 6.78. The summed E-state index contributed by atoms with van der Waals surface area (Å²) in [7, 11) is 15.9. The summed E-state index contributed by atoms with van der Waals surface area (Å²) in [5.41, 5.74) is 5.88. The average molecular weight is 695 g/mol. The van der Waals surface area contributed by atoms with Crippen LogP contribution in [0.1, 0.15) is 28.3 Å². The molecule has 0 bridgehead atoms. The molecule has 7 rings (SSSR count). The van der Waals surface area contributed by atoms with E-state index in [0.717, 1.165) is 76.6 Å². The molecule has 5 aromatic carbocycles. The first-order chi connectivity index (χ1) is 24.8. The van der Waals surface area contributed by atoms with Gasteiger partial charge in [0.2, 0.25) is 11.5 Å². The smallest absolute Gasteiger partial charge is 0.204 e. The minimum Gasteiger partial charge on any atom is -0.493 e. The van der Waals surface area contributed by atoms with E-state index in [4.69, 9.17) is 37.9 Å². The number of methoxy groups -OCH3 is 7. The van der Waals surface area contributed by atoms with E-state index in [1.165, 1.54) is 16.7 Å². The summed E-state index contributed by atoms with van der Waals surface area (Å²) < 4.78 is 47.8. The Labute approximate surface area is 299 Å². The lowest BCUT2D eigenvalue weighted by atomic mass is 9.88. The Balaban J connectivity index is 1.33. The lowest BCUT2D eigenvalue weighted by molar-refractivity contribution is 0.228. The van der Waals surface area contributed by atoms with Gasteiger partial charge < -0.3 is 42.8 Å². The van der Waals surface area contributed by atoms with Gasteiger partial charge in [-0.3, -0.25) is 4.90 Å². The third kappa shape index (κ3) is 5.62. The van der Waals surface area contributed by atoms with Crippen LogP contribution in [-0.4, -0.2) is 81.9 Å². The highest BCUT2D eigenvalue weighted by molar-refractivity contribution is 6.21. The molecule has 0 fully saturated rings. The van der Waals surface area contributed by atoms with Crippen LogP contribution in [0.15, 0.2) is 48.5 Å². The molecule has 0 amide bonds. The number of fused-ring (bicyclic) bond motifs is 3. The summed E-state index contributed by atoms with van der Waals surface area (Å²) in [6.07, 6.45) is 2.59. The molecule has 5 aromatic rings. The largest absolute Gasteiger partial charge is 0.493 e. The summed E-state index contributed by atoms with van der Waals surface area (Å²) in [6, 6.07) is 16.9. The molecule has 0 saturated heterocycles. The van der Waals surface area contributed by atoms with Gasteiger partial charge in [0.1, 0.15) is 5.75 Å². The highest BCUT2D eigenvalue weighted by atomic mass is 16.5. The van der Waals surface area contributed by atoms with E-state index in [9.17, 15) is 0 Å². The highest BCUT2D eigenvalue weighted by Crippen LogP contribution is 2.56. The maximum Gasteiger partial charge on any atom is 0.204 e. The Morgan fingerprint density at radius 3 is 1.90 bits per heavy atom. The van der Waals surface area contributed by atoms with Crippen molar-refractivity contribution < 1.29 is 37.9 Å². The first-order valence-corrected chi connectivity index (χ1v) is 17.1. The van der Waals surface area contributed by atoms with Gasteiger partial charge >= 0.3 is 0 Å². The number of hydrogen-bond acceptors (Lipinski definition) is 10. The Bertz CT molecular complexity index is 2110. The zero-order valence-corrected chi connectivity index (χ0v) is 30.9. The minimum atomic E-state index is 0.195. The van der Waals surface area contributed by atoms with Crippen LogP contribution in [0.4, 0.5) is 5.69 Å². The monoisotopic (exact) mass is 694 g/mol. The fourth-order valence-electron chi connectivity index (χ4n) is 7.90. The first-order valence-electron chi connectivity index (χ1n) is 17.1. The van der Waals surface area contributed by atoms with Crippen molar-refractivity contribution in [1.29, 1.82) is 0 Å². The Kier molecular flexibility index (Phi) is 9.28. The number of hydrogen-bond donors (Lipinski definition) is 0. The Morgan fingerprint density at radius 1 is 0.588 bits per heavy atom. The van der Waals surface area contributed by atoms with Crippen molar-refractivity contribution in [2.24, 2.45) is 0 Å². The van der Waals surface area contributed by atoms with Gasteiger partial charge in [-0.1, -0.05) is 12.1 Å². The number of benzene rings is 5. The minimum absolute atomic E-state index is 0.195. The van der Waals surface area contributed by atoms with Crippen LogP contribution in [0.2, 0.25) is 0 Å². The maximum absolute atomic E-state index is 6.78. The molecule has 0 N–H and O–H groups in total. The van der Waals surface area contributed by atoms with E-state index in [1.54, 1.807) is 49.8 Å². The van der Waals surface area contributed by atoms with Gasteiger partial charge in [0, 0.05) is 59.0 Å². The van der Waals surface area contributed by atoms with Gasteiger partial charge in [0.15, 0.2) is 34.5 Å². The van der Waals surface area contributed by atoms with Crippen LogP contribution < -0.4 is 42.8 Å². The van der Waals surface area contributed by atoms with Crippen LogP contribution in [0.3, 0.4) is 0 Å². The summed E-state index contributed by atoms with van der Waals surface area (Å²) in [5, 5.41) is 3.70. The second-order valence-electron chi connectivity index (χ2n) is 13.0. The molecule has 0 saturated carbocycles. The van der Waals surface area contributed by atoms with Crippen LogP contribution in [0, 0.1) is 0 Å². The molecular formula is C41H46N2O8. The predicted octanol–water partition coefficient (Wildman–Crippen LogP) is 7.61. The first kappa shape index (κ1) is 34.2.